The zero-order chi connectivity index (χ0) is 20.0. The summed E-state index contributed by atoms with van der Waals surface area (Å²) in [6.07, 6.45) is -0.176. The Kier molecular flexibility index (Phi) is 6.74. The van der Waals surface area contributed by atoms with Crippen molar-refractivity contribution in [2.75, 3.05) is 24.7 Å². The summed E-state index contributed by atoms with van der Waals surface area (Å²) in [5.74, 6) is -1.03. The van der Waals surface area contributed by atoms with E-state index in [0.29, 0.717) is 5.69 Å². The Balaban J connectivity index is 1.86. The number of benzene rings is 2. The lowest BCUT2D eigenvalue weighted by Crippen LogP contribution is -2.35. The van der Waals surface area contributed by atoms with E-state index in [1.165, 1.54) is 24.1 Å². The molecular formula is C20H24N2O4S. The van der Waals surface area contributed by atoms with E-state index in [9.17, 15) is 18.0 Å². The molecule has 0 heterocycles. The molecule has 144 valence electrons. The molecule has 0 aromatic heterocycles. The van der Waals surface area contributed by atoms with Gasteiger partial charge in [-0.3, -0.25) is 9.59 Å². The molecule has 2 rings (SSSR count). The molecule has 0 saturated carbocycles. The van der Waals surface area contributed by atoms with Crippen LogP contribution in [0.15, 0.2) is 53.4 Å². The number of aryl methyl sites for hydroxylation is 2. The summed E-state index contributed by atoms with van der Waals surface area (Å²) in [6, 6.07) is 13.8. The van der Waals surface area contributed by atoms with Crippen molar-refractivity contribution in [1.29, 1.82) is 0 Å². The molecule has 1 N–H and O–H groups in total. The Bertz CT molecular complexity index is 904. The monoisotopic (exact) mass is 388 g/mol. The highest BCUT2D eigenvalue weighted by atomic mass is 32.2. The predicted molar refractivity (Wildman–Crippen MR) is 105 cm³/mol. The van der Waals surface area contributed by atoms with Gasteiger partial charge in [0, 0.05) is 19.2 Å². The van der Waals surface area contributed by atoms with Gasteiger partial charge in [-0.1, -0.05) is 35.4 Å². The SMILES string of the molecule is Cc1ccc(NC(=O)CN(C)C(=O)CCS(=O)(=O)c2ccc(C)cc2)cc1. The van der Waals surface area contributed by atoms with Crippen LogP contribution >= 0.6 is 0 Å². The van der Waals surface area contributed by atoms with E-state index in [1.54, 1.807) is 24.3 Å². The van der Waals surface area contributed by atoms with Crippen molar-refractivity contribution in [2.45, 2.75) is 25.2 Å². The van der Waals surface area contributed by atoms with Gasteiger partial charge in [0.05, 0.1) is 17.2 Å². The number of rotatable bonds is 7. The van der Waals surface area contributed by atoms with E-state index >= 15 is 0 Å². The van der Waals surface area contributed by atoms with Crippen molar-refractivity contribution in [3.05, 3.63) is 59.7 Å². The lowest BCUT2D eigenvalue weighted by atomic mass is 10.2. The standard InChI is InChI=1S/C20H24N2O4S/c1-15-4-8-17(9-5-15)21-19(23)14-22(3)20(24)12-13-27(25,26)18-10-6-16(2)7-11-18/h4-11H,12-14H2,1-3H3,(H,21,23). The Morgan fingerprint density at radius 3 is 2.00 bits per heavy atom. The number of nitrogens with zero attached hydrogens (tertiary/aromatic N) is 1. The fourth-order valence-electron chi connectivity index (χ4n) is 2.42. The highest BCUT2D eigenvalue weighted by molar-refractivity contribution is 7.91. The number of carbonyl (C=O) groups is 2. The molecule has 27 heavy (non-hydrogen) atoms. The number of nitrogens with one attached hydrogen (secondary N) is 1. The Morgan fingerprint density at radius 2 is 1.44 bits per heavy atom. The zero-order valence-corrected chi connectivity index (χ0v) is 16.5. The second-order valence-corrected chi connectivity index (χ2v) is 8.66. The second kappa shape index (κ2) is 8.81. The first-order valence-electron chi connectivity index (χ1n) is 8.57. The largest absolute Gasteiger partial charge is 0.336 e. The van der Waals surface area contributed by atoms with Gasteiger partial charge in [-0.2, -0.15) is 0 Å². The van der Waals surface area contributed by atoms with E-state index in [0.717, 1.165) is 11.1 Å². The van der Waals surface area contributed by atoms with Crippen molar-refractivity contribution in [3.63, 3.8) is 0 Å². The lowest BCUT2D eigenvalue weighted by molar-refractivity contribution is -0.132. The first-order chi connectivity index (χ1) is 12.7. The summed E-state index contributed by atoms with van der Waals surface area (Å²) < 4.78 is 24.6. The van der Waals surface area contributed by atoms with E-state index in [2.05, 4.69) is 5.32 Å². The maximum atomic E-state index is 12.3. The molecule has 0 fully saturated rings. The maximum absolute atomic E-state index is 12.3. The number of hydrogen-bond donors (Lipinski definition) is 1. The zero-order valence-electron chi connectivity index (χ0n) is 15.7. The third-order valence-electron chi connectivity index (χ3n) is 4.11. The molecule has 0 radical (unpaired) electrons. The molecule has 6 nitrogen and oxygen atoms in total. The quantitative estimate of drug-likeness (QED) is 0.790. The summed E-state index contributed by atoms with van der Waals surface area (Å²) in [7, 11) is -2.05. The normalized spacial score (nSPS) is 11.1. The van der Waals surface area contributed by atoms with Gasteiger partial charge < -0.3 is 10.2 Å². The number of likely N-dealkylation sites (N-methyl/N-ethyl adjacent to an activating group) is 1. The molecule has 0 bridgehead atoms. The molecule has 0 saturated heterocycles. The van der Waals surface area contributed by atoms with Gasteiger partial charge in [0.2, 0.25) is 11.8 Å². The van der Waals surface area contributed by atoms with Crippen LogP contribution in [-0.2, 0) is 19.4 Å². The van der Waals surface area contributed by atoms with Crippen LogP contribution in [0.1, 0.15) is 17.5 Å². The molecule has 7 heteroatoms. The third kappa shape index (κ3) is 6.21. The molecule has 0 aliphatic carbocycles. The van der Waals surface area contributed by atoms with E-state index in [4.69, 9.17) is 0 Å². The van der Waals surface area contributed by atoms with E-state index < -0.39 is 15.7 Å². The first-order valence-corrected chi connectivity index (χ1v) is 10.2. The maximum Gasteiger partial charge on any atom is 0.243 e. The number of amides is 2. The molecule has 0 aliphatic heterocycles. The minimum Gasteiger partial charge on any atom is -0.336 e. The van der Waals surface area contributed by atoms with Crippen LogP contribution in [0.4, 0.5) is 5.69 Å². The van der Waals surface area contributed by atoms with Crippen LogP contribution in [0.3, 0.4) is 0 Å². The third-order valence-corrected chi connectivity index (χ3v) is 5.84. The Hall–Kier alpha value is -2.67. The van der Waals surface area contributed by atoms with Crippen LogP contribution in [0, 0.1) is 13.8 Å². The molecule has 2 aromatic carbocycles. The number of hydrogen-bond acceptors (Lipinski definition) is 4. The van der Waals surface area contributed by atoms with Gasteiger partial charge >= 0.3 is 0 Å². The second-order valence-electron chi connectivity index (χ2n) is 6.55. The van der Waals surface area contributed by atoms with Crippen LogP contribution in [0.2, 0.25) is 0 Å². The molecule has 2 amide bonds. The smallest absolute Gasteiger partial charge is 0.243 e. The van der Waals surface area contributed by atoms with Gasteiger partial charge in [-0.05, 0) is 38.1 Å². The van der Waals surface area contributed by atoms with Gasteiger partial charge in [0.15, 0.2) is 9.84 Å². The molecule has 0 aliphatic rings. The van der Waals surface area contributed by atoms with Crippen LogP contribution in [0.25, 0.3) is 0 Å². The van der Waals surface area contributed by atoms with Crippen LogP contribution in [0.5, 0.6) is 0 Å². The number of anilines is 1. The molecule has 0 unspecified atom stereocenters. The summed E-state index contributed by atoms with van der Waals surface area (Å²) in [6.45, 7) is 3.68. The highest BCUT2D eigenvalue weighted by Crippen LogP contribution is 2.13. The van der Waals surface area contributed by atoms with Gasteiger partial charge in [0.1, 0.15) is 0 Å². The Labute approximate surface area is 160 Å². The topological polar surface area (TPSA) is 83.6 Å². The lowest BCUT2D eigenvalue weighted by Gasteiger charge is -2.17. The average Bonchev–Trinajstić information content (AvgIpc) is 2.62. The molecule has 0 atom stereocenters. The van der Waals surface area contributed by atoms with Crippen molar-refractivity contribution in [2.24, 2.45) is 0 Å². The first kappa shape index (κ1) is 20.6. The average molecular weight is 388 g/mol. The summed E-state index contributed by atoms with van der Waals surface area (Å²) in [5.41, 5.74) is 2.69. The Morgan fingerprint density at radius 1 is 0.926 bits per heavy atom. The van der Waals surface area contributed by atoms with Crippen molar-refractivity contribution in [3.8, 4) is 0 Å². The summed E-state index contributed by atoms with van der Waals surface area (Å²) in [4.78, 5) is 25.7. The van der Waals surface area contributed by atoms with Crippen LogP contribution < -0.4 is 5.32 Å². The van der Waals surface area contributed by atoms with Gasteiger partial charge in [0.25, 0.3) is 0 Å². The van der Waals surface area contributed by atoms with E-state index in [-0.39, 0.29) is 29.5 Å². The molecule has 0 spiro atoms. The minimum atomic E-state index is -3.53. The van der Waals surface area contributed by atoms with Crippen LogP contribution in [-0.4, -0.2) is 44.5 Å². The fourth-order valence-corrected chi connectivity index (χ4v) is 3.65. The molecule has 2 aromatic rings. The van der Waals surface area contributed by atoms with Crippen molar-refractivity contribution in [1.82, 2.24) is 4.90 Å². The minimum absolute atomic E-state index is 0.142. The van der Waals surface area contributed by atoms with Crippen molar-refractivity contribution >= 4 is 27.3 Å². The highest BCUT2D eigenvalue weighted by Gasteiger charge is 2.19. The van der Waals surface area contributed by atoms with Crippen molar-refractivity contribution < 1.29 is 18.0 Å². The fraction of sp³-hybridized carbons (Fsp3) is 0.300. The summed E-state index contributed by atoms with van der Waals surface area (Å²) in [5, 5.41) is 2.71. The van der Waals surface area contributed by atoms with E-state index in [1.807, 2.05) is 26.0 Å². The predicted octanol–water partition coefficient (Wildman–Crippen LogP) is 2.56. The molecular weight excluding hydrogens is 364 g/mol. The summed E-state index contributed by atoms with van der Waals surface area (Å²) >= 11 is 0. The number of sulfone groups is 1. The van der Waals surface area contributed by atoms with Gasteiger partial charge in [-0.15, -0.1) is 0 Å². The van der Waals surface area contributed by atoms with Gasteiger partial charge in [-0.25, -0.2) is 8.42 Å². The number of carbonyl (C=O) groups excluding carboxylic acids is 2.